The van der Waals surface area contributed by atoms with E-state index in [0.717, 1.165) is 5.75 Å². The minimum atomic E-state index is -0.252. The number of carbonyl (C=O) groups excluding carboxylic acids is 1. The summed E-state index contributed by atoms with van der Waals surface area (Å²) < 4.78 is 6.61. The second-order valence-corrected chi connectivity index (χ2v) is 5.25. The molecule has 0 aliphatic carbocycles. The minimum Gasteiger partial charge on any atom is -0.497 e. The van der Waals surface area contributed by atoms with Crippen molar-refractivity contribution in [1.82, 2.24) is 20.2 Å². The zero-order valence-electron chi connectivity index (χ0n) is 10.9. The summed E-state index contributed by atoms with van der Waals surface area (Å²) in [6.07, 6.45) is 0. The van der Waals surface area contributed by atoms with Gasteiger partial charge in [-0.1, -0.05) is 11.8 Å². The molecule has 100 valence electrons. The maximum Gasteiger partial charge on any atom is 0.209 e. The number of ether oxygens (including phenoxy) is 1. The van der Waals surface area contributed by atoms with Crippen LogP contribution in [0.2, 0.25) is 0 Å². The average Bonchev–Trinajstić information content (AvgIpc) is 2.83. The quantitative estimate of drug-likeness (QED) is 0.611. The molecule has 19 heavy (non-hydrogen) atoms. The van der Waals surface area contributed by atoms with Gasteiger partial charge in [0.1, 0.15) is 5.75 Å². The summed E-state index contributed by atoms with van der Waals surface area (Å²) in [5.74, 6) is 0.769. The molecule has 0 radical (unpaired) electrons. The number of aryl methyl sites for hydroxylation is 1. The summed E-state index contributed by atoms with van der Waals surface area (Å²) in [6.45, 7) is 1.84. The number of hydrogen-bond acceptors (Lipinski definition) is 6. The van der Waals surface area contributed by atoms with Crippen LogP contribution in [0.15, 0.2) is 29.4 Å². The average molecular weight is 278 g/mol. The van der Waals surface area contributed by atoms with E-state index in [4.69, 9.17) is 4.74 Å². The Hall–Kier alpha value is -1.89. The van der Waals surface area contributed by atoms with E-state index in [1.807, 2.05) is 6.92 Å². The number of nitrogens with zero attached hydrogens (tertiary/aromatic N) is 4. The molecule has 0 aliphatic rings. The van der Waals surface area contributed by atoms with Crippen molar-refractivity contribution in [3.05, 3.63) is 29.8 Å². The molecule has 0 saturated carbocycles. The normalized spacial score (nSPS) is 12.2. The number of benzene rings is 1. The minimum absolute atomic E-state index is 0.0376. The Morgan fingerprint density at radius 3 is 2.58 bits per heavy atom. The number of ketones is 1. The molecule has 0 amide bonds. The Morgan fingerprint density at radius 2 is 2.05 bits per heavy atom. The van der Waals surface area contributed by atoms with Crippen molar-refractivity contribution in [2.45, 2.75) is 17.3 Å². The Morgan fingerprint density at radius 1 is 1.37 bits per heavy atom. The van der Waals surface area contributed by atoms with Crippen LogP contribution in [0, 0.1) is 0 Å². The molecular formula is C12H14N4O2S. The van der Waals surface area contributed by atoms with E-state index in [0.29, 0.717) is 10.7 Å². The van der Waals surface area contributed by atoms with Crippen LogP contribution in [0.3, 0.4) is 0 Å². The van der Waals surface area contributed by atoms with E-state index in [1.54, 1.807) is 43.1 Å². The molecule has 1 atom stereocenters. The van der Waals surface area contributed by atoms with E-state index in [2.05, 4.69) is 15.5 Å². The molecule has 2 rings (SSSR count). The number of hydrogen-bond donors (Lipinski definition) is 0. The highest BCUT2D eigenvalue weighted by Crippen LogP contribution is 2.23. The third-order valence-electron chi connectivity index (χ3n) is 2.61. The van der Waals surface area contributed by atoms with Gasteiger partial charge >= 0.3 is 0 Å². The topological polar surface area (TPSA) is 69.9 Å². The first-order valence-electron chi connectivity index (χ1n) is 5.69. The molecule has 1 aromatic carbocycles. The fraction of sp³-hybridized carbons (Fsp3) is 0.333. The van der Waals surface area contributed by atoms with Gasteiger partial charge in [0.25, 0.3) is 0 Å². The third kappa shape index (κ3) is 3.11. The highest BCUT2D eigenvalue weighted by molar-refractivity contribution is 8.00. The fourth-order valence-corrected chi connectivity index (χ4v) is 2.35. The van der Waals surface area contributed by atoms with Gasteiger partial charge in [-0.25, -0.2) is 4.68 Å². The number of Topliss-reactive ketones (excluding diaryl/α,β-unsaturated/α-hetero) is 1. The van der Waals surface area contributed by atoms with E-state index >= 15 is 0 Å². The van der Waals surface area contributed by atoms with Crippen LogP contribution in [0.4, 0.5) is 0 Å². The zero-order valence-corrected chi connectivity index (χ0v) is 11.7. The van der Waals surface area contributed by atoms with Gasteiger partial charge < -0.3 is 4.74 Å². The van der Waals surface area contributed by atoms with E-state index in [-0.39, 0.29) is 11.0 Å². The molecule has 7 heteroatoms. The van der Waals surface area contributed by atoms with Crippen molar-refractivity contribution in [1.29, 1.82) is 0 Å². The van der Waals surface area contributed by atoms with Gasteiger partial charge in [-0.05, 0) is 41.6 Å². The Kier molecular flexibility index (Phi) is 4.16. The molecule has 0 bridgehead atoms. The summed E-state index contributed by atoms with van der Waals surface area (Å²) in [4.78, 5) is 12.2. The van der Waals surface area contributed by atoms with Gasteiger partial charge in [-0.3, -0.25) is 4.79 Å². The molecule has 6 nitrogen and oxygen atoms in total. The Bertz CT molecular complexity index is 567. The molecule has 1 aromatic heterocycles. The predicted octanol–water partition coefficient (Wildman–Crippen LogP) is 1.58. The number of thioether (sulfide) groups is 1. The van der Waals surface area contributed by atoms with E-state index < -0.39 is 0 Å². The van der Waals surface area contributed by atoms with Crippen molar-refractivity contribution in [2.24, 2.45) is 7.05 Å². The summed E-state index contributed by atoms with van der Waals surface area (Å²) >= 11 is 1.34. The lowest BCUT2D eigenvalue weighted by molar-refractivity contribution is 0.0994. The van der Waals surface area contributed by atoms with Crippen molar-refractivity contribution < 1.29 is 9.53 Å². The highest BCUT2D eigenvalue weighted by Gasteiger charge is 2.19. The molecule has 1 heterocycles. The third-order valence-corrected chi connectivity index (χ3v) is 3.73. The van der Waals surface area contributed by atoms with Crippen LogP contribution in [0.25, 0.3) is 0 Å². The van der Waals surface area contributed by atoms with Gasteiger partial charge in [-0.15, -0.1) is 5.10 Å². The van der Waals surface area contributed by atoms with Crippen LogP contribution in [0.5, 0.6) is 5.75 Å². The van der Waals surface area contributed by atoms with Crippen LogP contribution in [0.1, 0.15) is 17.3 Å². The largest absolute Gasteiger partial charge is 0.497 e. The smallest absolute Gasteiger partial charge is 0.209 e. The first-order chi connectivity index (χ1) is 9.11. The molecule has 0 aliphatic heterocycles. The lowest BCUT2D eigenvalue weighted by Crippen LogP contribution is -2.14. The summed E-state index contributed by atoms with van der Waals surface area (Å²) in [7, 11) is 3.34. The van der Waals surface area contributed by atoms with Gasteiger partial charge in [0, 0.05) is 12.6 Å². The van der Waals surface area contributed by atoms with Gasteiger partial charge in [0.05, 0.1) is 12.4 Å². The van der Waals surface area contributed by atoms with Gasteiger partial charge in [-0.2, -0.15) is 0 Å². The van der Waals surface area contributed by atoms with Crippen molar-refractivity contribution >= 4 is 17.5 Å². The predicted molar refractivity (Wildman–Crippen MR) is 71.4 cm³/mol. The second-order valence-electron chi connectivity index (χ2n) is 3.94. The first-order valence-corrected chi connectivity index (χ1v) is 6.57. The van der Waals surface area contributed by atoms with Crippen LogP contribution in [-0.2, 0) is 7.05 Å². The summed E-state index contributed by atoms with van der Waals surface area (Å²) in [6, 6.07) is 7.06. The number of rotatable bonds is 5. The number of aromatic nitrogens is 4. The Balaban J connectivity index is 2.08. The maximum atomic E-state index is 12.2. The lowest BCUT2D eigenvalue weighted by atomic mass is 10.1. The molecule has 0 unspecified atom stereocenters. The maximum absolute atomic E-state index is 12.2. The fourth-order valence-electron chi connectivity index (χ4n) is 1.52. The van der Waals surface area contributed by atoms with E-state index in [9.17, 15) is 4.79 Å². The first kappa shape index (κ1) is 13.5. The molecule has 0 saturated heterocycles. The van der Waals surface area contributed by atoms with Crippen molar-refractivity contribution in [2.75, 3.05) is 7.11 Å². The van der Waals surface area contributed by atoms with Gasteiger partial charge in [0.15, 0.2) is 5.78 Å². The zero-order chi connectivity index (χ0) is 13.8. The SMILES string of the molecule is COc1ccc(C(=O)[C@H](C)Sc2nnnn2C)cc1. The summed E-state index contributed by atoms with van der Waals surface area (Å²) in [5.41, 5.74) is 0.649. The number of carbonyl (C=O) groups is 1. The van der Waals surface area contributed by atoms with Crippen LogP contribution >= 0.6 is 11.8 Å². The van der Waals surface area contributed by atoms with E-state index in [1.165, 1.54) is 11.8 Å². The van der Waals surface area contributed by atoms with Crippen molar-refractivity contribution in [3.8, 4) is 5.75 Å². The molecule has 2 aromatic rings. The standard InChI is InChI=1S/C12H14N4O2S/c1-8(19-12-13-14-15-16(12)2)11(17)9-4-6-10(18-3)7-5-9/h4-8H,1-3H3/t8-/m0/s1. The monoisotopic (exact) mass is 278 g/mol. The Labute approximate surface area is 115 Å². The van der Waals surface area contributed by atoms with Crippen molar-refractivity contribution in [3.63, 3.8) is 0 Å². The van der Waals surface area contributed by atoms with Crippen LogP contribution in [-0.4, -0.2) is 38.4 Å². The number of methoxy groups -OCH3 is 1. The van der Waals surface area contributed by atoms with Gasteiger partial charge in [0.2, 0.25) is 5.16 Å². The molecule has 0 N–H and O–H groups in total. The summed E-state index contributed by atoms with van der Waals surface area (Å²) in [5, 5.41) is 11.5. The molecular weight excluding hydrogens is 264 g/mol. The van der Waals surface area contributed by atoms with Crippen LogP contribution < -0.4 is 4.74 Å². The molecule has 0 spiro atoms. The highest BCUT2D eigenvalue weighted by atomic mass is 32.2. The lowest BCUT2D eigenvalue weighted by Gasteiger charge is -2.09. The molecule has 0 fully saturated rings. The number of tetrazole rings is 1. The second kappa shape index (κ2) is 5.83.